The van der Waals surface area contributed by atoms with Gasteiger partial charge in [0.15, 0.2) is 0 Å². The van der Waals surface area contributed by atoms with Crippen molar-refractivity contribution < 1.29 is 23.8 Å². The van der Waals surface area contributed by atoms with Crippen LogP contribution < -0.4 is 15.4 Å². The molecule has 0 amide bonds. The molecule has 3 rings (SSSR count). The Labute approximate surface area is 190 Å². The first kappa shape index (κ1) is 22.9. The molecular weight excluding hydrogens is 424 g/mol. The molecule has 9 heteroatoms. The summed E-state index contributed by atoms with van der Waals surface area (Å²) in [5, 5.41) is 19.8. The second-order valence-electron chi connectivity index (χ2n) is 6.80. The molecule has 0 aromatic heterocycles. The van der Waals surface area contributed by atoms with E-state index in [2.05, 4.69) is 6.07 Å². The number of rotatable bonds is 5. The van der Waals surface area contributed by atoms with Crippen LogP contribution in [0, 0.1) is 22.7 Å². The van der Waals surface area contributed by atoms with Crippen LogP contribution in [0.5, 0.6) is 5.75 Å². The number of benzene rings is 2. The summed E-state index contributed by atoms with van der Waals surface area (Å²) >= 11 is 0. The van der Waals surface area contributed by atoms with Crippen molar-refractivity contribution in [2.75, 3.05) is 26.2 Å². The SMILES string of the molecule is COC(=O)C1=C(C(=O)OC)N(c2c(C#N)cccc2OC)C(N)=C(C#N)C1c1ccccc1. The van der Waals surface area contributed by atoms with Crippen LogP contribution in [0.3, 0.4) is 0 Å². The van der Waals surface area contributed by atoms with Crippen molar-refractivity contribution in [3.8, 4) is 17.9 Å². The average molecular weight is 444 g/mol. The van der Waals surface area contributed by atoms with Gasteiger partial charge < -0.3 is 19.9 Å². The molecule has 1 unspecified atom stereocenters. The lowest BCUT2D eigenvalue weighted by Gasteiger charge is -2.36. The van der Waals surface area contributed by atoms with Crippen molar-refractivity contribution in [3.05, 3.63) is 82.3 Å². The number of ether oxygens (including phenoxy) is 3. The fourth-order valence-electron chi connectivity index (χ4n) is 3.75. The van der Waals surface area contributed by atoms with Crippen LogP contribution in [0.1, 0.15) is 17.0 Å². The minimum Gasteiger partial charge on any atom is -0.495 e. The largest absolute Gasteiger partial charge is 0.495 e. The first-order chi connectivity index (χ1) is 15.9. The Morgan fingerprint density at radius 3 is 2.15 bits per heavy atom. The van der Waals surface area contributed by atoms with E-state index in [4.69, 9.17) is 19.9 Å². The summed E-state index contributed by atoms with van der Waals surface area (Å²) in [7, 11) is 3.69. The number of allylic oxidation sites excluding steroid dienone is 1. The van der Waals surface area contributed by atoms with E-state index in [0.717, 1.165) is 19.1 Å². The van der Waals surface area contributed by atoms with Crippen LogP contribution in [0.2, 0.25) is 0 Å². The van der Waals surface area contributed by atoms with Gasteiger partial charge in [0.25, 0.3) is 0 Å². The van der Waals surface area contributed by atoms with Gasteiger partial charge in [-0.15, -0.1) is 0 Å². The highest BCUT2D eigenvalue weighted by molar-refractivity contribution is 6.07. The summed E-state index contributed by atoms with van der Waals surface area (Å²) < 4.78 is 15.4. The number of anilines is 1. The number of nitrogens with zero attached hydrogens (tertiary/aromatic N) is 3. The van der Waals surface area contributed by atoms with Crippen LogP contribution in [-0.4, -0.2) is 33.3 Å². The molecule has 1 atom stereocenters. The molecule has 33 heavy (non-hydrogen) atoms. The summed E-state index contributed by atoms with van der Waals surface area (Å²) in [5.74, 6) is -2.73. The van der Waals surface area contributed by atoms with Gasteiger partial charge in [-0.25, -0.2) is 9.59 Å². The van der Waals surface area contributed by atoms with Crippen molar-refractivity contribution >= 4 is 17.6 Å². The van der Waals surface area contributed by atoms with Gasteiger partial charge in [0, 0.05) is 0 Å². The number of esters is 2. The first-order valence-corrected chi connectivity index (χ1v) is 9.67. The van der Waals surface area contributed by atoms with E-state index in [-0.39, 0.29) is 39.7 Å². The molecule has 1 aliphatic rings. The third kappa shape index (κ3) is 3.84. The molecule has 9 nitrogen and oxygen atoms in total. The molecule has 0 spiro atoms. The Morgan fingerprint density at radius 2 is 1.61 bits per heavy atom. The summed E-state index contributed by atoms with van der Waals surface area (Å²) in [5.41, 5.74) is 6.72. The number of carbonyl (C=O) groups is 2. The van der Waals surface area contributed by atoms with Crippen LogP contribution in [-0.2, 0) is 19.1 Å². The van der Waals surface area contributed by atoms with Gasteiger partial charge in [-0.3, -0.25) is 4.90 Å². The Hall–Kier alpha value is -4.76. The van der Waals surface area contributed by atoms with Gasteiger partial charge in [-0.2, -0.15) is 10.5 Å². The highest BCUT2D eigenvalue weighted by Crippen LogP contribution is 2.46. The zero-order valence-electron chi connectivity index (χ0n) is 18.2. The van der Waals surface area contributed by atoms with Crippen molar-refractivity contribution in [2.24, 2.45) is 5.73 Å². The van der Waals surface area contributed by atoms with E-state index in [9.17, 15) is 20.1 Å². The smallest absolute Gasteiger partial charge is 0.355 e. The van der Waals surface area contributed by atoms with Crippen LogP contribution >= 0.6 is 0 Å². The Bertz CT molecular complexity index is 1250. The number of carbonyl (C=O) groups excluding carboxylic acids is 2. The number of para-hydroxylation sites is 1. The van der Waals surface area contributed by atoms with Crippen LogP contribution in [0.15, 0.2) is 71.2 Å². The number of nitriles is 2. The monoisotopic (exact) mass is 444 g/mol. The van der Waals surface area contributed by atoms with E-state index in [1.165, 1.54) is 13.2 Å². The Morgan fingerprint density at radius 1 is 0.939 bits per heavy atom. The highest BCUT2D eigenvalue weighted by atomic mass is 16.5. The predicted molar refractivity (Wildman–Crippen MR) is 117 cm³/mol. The lowest BCUT2D eigenvalue weighted by atomic mass is 9.80. The molecule has 2 aromatic carbocycles. The van der Waals surface area contributed by atoms with Crippen molar-refractivity contribution in [2.45, 2.75) is 5.92 Å². The van der Waals surface area contributed by atoms with Crippen LogP contribution in [0.4, 0.5) is 5.69 Å². The van der Waals surface area contributed by atoms with E-state index in [0.29, 0.717) is 5.56 Å². The maximum absolute atomic E-state index is 13.1. The lowest BCUT2D eigenvalue weighted by Crippen LogP contribution is -2.41. The number of hydrogen-bond acceptors (Lipinski definition) is 9. The second-order valence-corrected chi connectivity index (χ2v) is 6.80. The van der Waals surface area contributed by atoms with Crippen molar-refractivity contribution in [3.63, 3.8) is 0 Å². The van der Waals surface area contributed by atoms with Crippen molar-refractivity contribution in [1.82, 2.24) is 0 Å². The second kappa shape index (κ2) is 9.58. The standard InChI is InChI=1S/C24H20N4O5/c1-31-17-11-7-10-15(12-25)20(17)28-21(24(30)33-3)19(23(29)32-2)18(16(13-26)22(28)27)14-8-5-4-6-9-14/h4-11,18H,27H2,1-3H3. The molecule has 2 N–H and O–H groups in total. The van der Waals surface area contributed by atoms with Crippen molar-refractivity contribution in [1.29, 1.82) is 10.5 Å². The average Bonchev–Trinajstić information content (AvgIpc) is 2.86. The van der Waals surface area contributed by atoms with Crippen LogP contribution in [0.25, 0.3) is 0 Å². The molecule has 0 radical (unpaired) electrons. The van der Waals surface area contributed by atoms with Gasteiger partial charge in [-0.05, 0) is 17.7 Å². The lowest BCUT2D eigenvalue weighted by molar-refractivity contribution is -0.139. The fraction of sp³-hybridized carbons (Fsp3) is 0.167. The Kier molecular flexibility index (Phi) is 6.65. The predicted octanol–water partition coefficient (Wildman–Crippen LogP) is 2.46. The summed E-state index contributed by atoms with van der Waals surface area (Å²) in [4.78, 5) is 27.3. The topological polar surface area (TPSA) is 139 Å². The third-order valence-electron chi connectivity index (χ3n) is 5.17. The molecule has 0 saturated heterocycles. The van der Waals surface area contributed by atoms with Gasteiger partial charge in [-0.1, -0.05) is 36.4 Å². The minimum atomic E-state index is -1.01. The fourth-order valence-corrected chi connectivity index (χ4v) is 3.75. The highest BCUT2D eigenvalue weighted by Gasteiger charge is 2.44. The zero-order valence-corrected chi connectivity index (χ0v) is 18.2. The summed E-state index contributed by atoms with van der Waals surface area (Å²) in [6.45, 7) is 0. The van der Waals surface area contributed by atoms with E-state index >= 15 is 0 Å². The summed E-state index contributed by atoms with van der Waals surface area (Å²) in [6, 6.07) is 17.4. The van der Waals surface area contributed by atoms with Gasteiger partial charge in [0.1, 0.15) is 29.0 Å². The van der Waals surface area contributed by atoms with E-state index < -0.39 is 17.9 Å². The number of hydrogen-bond donors (Lipinski definition) is 1. The number of nitrogens with two attached hydrogens (primary N) is 1. The molecule has 1 aliphatic heterocycles. The molecular formula is C24H20N4O5. The van der Waals surface area contributed by atoms with E-state index in [1.807, 2.05) is 6.07 Å². The molecule has 0 aliphatic carbocycles. The Balaban J connectivity index is 2.51. The molecule has 0 saturated carbocycles. The van der Waals surface area contributed by atoms with Gasteiger partial charge >= 0.3 is 11.9 Å². The molecule has 0 bridgehead atoms. The molecule has 166 valence electrons. The molecule has 2 aromatic rings. The summed E-state index contributed by atoms with van der Waals surface area (Å²) in [6.07, 6.45) is 0. The van der Waals surface area contributed by atoms with Gasteiger partial charge in [0.05, 0.1) is 50.0 Å². The van der Waals surface area contributed by atoms with E-state index in [1.54, 1.807) is 42.5 Å². The normalized spacial score (nSPS) is 15.4. The quantitative estimate of drug-likeness (QED) is 0.689. The third-order valence-corrected chi connectivity index (χ3v) is 5.17. The molecule has 1 heterocycles. The maximum Gasteiger partial charge on any atom is 0.355 e. The maximum atomic E-state index is 13.1. The minimum absolute atomic E-state index is 0.0101. The number of methoxy groups -OCH3 is 3. The molecule has 0 fully saturated rings. The first-order valence-electron chi connectivity index (χ1n) is 9.67. The zero-order chi connectivity index (χ0) is 24.1. The van der Waals surface area contributed by atoms with Gasteiger partial charge in [0.2, 0.25) is 0 Å².